The molecule has 1 N–H and O–H groups in total. The minimum Gasteiger partial charge on any atom is -0.320 e. The first-order valence-electron chi connectivity index (χ1n) is 12.6. The maximum atomic E-state index is 14.0. The average Bonchev–Trinajstić information content (AvgIpc) is 3.13. The molecule has 2 saturated heterocycles. The predicted octanol–water partition coefficient (Wildman–Crippen LogP) is 3.41. The predicted molar refractivity (Wildman–Crippen MR) is 136 cm³/mol. The standard InChI is InChI=1S/C27H35N5O2/c1-29-15-17-30(18-16-29)19-21-9-3-2-8-14-31(21)20-26(33)32-24-12-6-4-10-22(24)27(34)28-23-11-5-7-13-25(23)32/h4-7,10-13,21H,2-3,8-9,14-20H2,1H3,(H,28,34). The molecular formula is C27H35N5O2. The van der Waals surface area contributed by atoms with Crippen molar-refractivity contribution < 1.29 is 9.59 Å². The smallest absolute Gasteiger partial charge is 0.257 e. The molecule has 34 heavy (non-hydrogen) atoms. The Bertz CT molecular complexity index is 1030. The van der Waals surface area contributed by atoms with Crippen LogP contribution in [0.1, 0.15) is 36.0 Å². The summed E-state index contributed by atoms with van der Waals surface area (Å²) >= 11 is 0. The molecule has 2 fully saturated rings. The summed E-state index contributed by atoms with van der Waals surface area (Å²) in [5, 5.41) is 2.99. The topological polar surface area (TPSA) is 59.1 Å². The van der Waals surface area contributed by atoms with Crippen molar-refractivity contribution in [1.29, 1.82) is 0 Å². The van der Waals surface area contributed by atoms with E-state index in [2.05, 4.69) is 27.1 Å². The Labute approximate surface area is 202 Å². The Balaban J connectivity index is 1.41. The molecule has 2 aromatic carbocycles. The van der Waals surface area contributed by atoms with Crippen LogP contribution in [0.2, 0.25) is 0 Å². The lowest BCUT2D eigenvalue weighted by Crippen LogP contribution is -2.52. The zero-order valence-corrected chi connectivity index (χ0v) is 20.1. The maximum absolute atomic E-state index is 14.0. The molecule has 0 aromatic heterocycles. The molecule has 0 bridgehead atoms. The summed E-state index contributed by atoms with van der Waals surface area (Å²) in [5.74, 6) is -0.164. The van der Waals surface area contributed by atoms with Gasteiger partial charge >= 0.3 is 0 Å². The highest BCUT2D eigenvalue weighted by molar-refractivity contribution is 6.17. The van der Waals surface area contributed by atoms with Crippen LogP contribution in [-0.2, 0) is 4.79 Å². The zero-order chi connectivity index (χ0) is 23.5. The van der Waals surface area contributed by atoms with Crippen LogP contribution in [-0.4, -0.2) is 85.4 Å². The molecule has 0 saturated carbocycles. The van der Waals surface area contributed by atoms with E-state index < -0.39 is 0 Å². The number of benzene rings is 2. The lowest BCUT2D eigenvalue weighted by molar-refractivity contribution is -0.119. The van der Waals surface area contributed by atoms with Crippen molar-refractivity contribution in [1.82, 2.24) is 14.7 Å². The first kappa shape index (κ1) is 23.0. The summed E-state index contributed by atoms with van der Waals surface area (Å²) < 4.78 is 0. The third-order valence-corrected chi connectivity index (χ3v) is 7.43. The van der Waals surface area contributed by atoms with Gasteiger partial charge in [-0.2, -0.15) is 0 Å². The van der Waals surface area contributed by atoms with Gasteiger partial charge in [-0.25, -0.2) is 0 Å². The number of likely N-dealkylation sites (tertiary alicyclic amines) is 1. The van der Waals surface area contributed by atoms with E-state index in [0.29, 0.717) is 29.5 Å². The number of nitrogens with one attached hydrogen (secondary N) is 1. The Kier molecular flexibility index (Phi) is 6.94. The van der Waals surface area contributed by atoms with Crippen molar-refractivity contribution in [2.24, 2.45) is 0 Å². The van der Waals surface area contributed by atoms with E-state index in [1.165, 1.54) is 12.8 Å². The van der Waals surface area contributed by atoms with Gasteiger partial charge in [-0.3, -0.25) is 24.3 Å². The summed E-state index contributed by atoms with van der Waals surface area (Å²) in [5.41, 5.74) is 2.58. The minimum absolute atomic E-state index is 0.0154. The molecule has 0 radical (unpaired) electrons. The third kappa shape index (κ3) is 4.87. The lowest BCUT2D eigenvalue weighted by Gasteiger charge is -2.38. The number of carbonyl (C=O) groups excluding carboxylic acids is 2. The number of hydrogen-bond acceptors (Lipinski definition) is 5. The first-order valence-corrected chi connectivity index (χ1v) is 12.6. The molecule has 5 rings (SSSR count). The molecule has 2 aromatic rings. The number of amides is 2. The van der Waals surface area contributed by atoms with E-state index in [9.17, 15) is 9.59 Å². The minimum atomic E-state index is -0.180. The van der Waals surface area contributed by atoms with E-state index in [1.54, 1.807) is 11.0 Å². The van der Waals surface area contributed by atoms with Crippen molar-refractivity contribution in [3.8, 4) is 0 Å². The summed E-state index contributed by atoms with van der Waals surface area (Å²) in [4.78, 5) is 36.0. The Morgan fingerprint density at radius 3 is 2.47 bits per heavy atom. The van der Waals surface area contributed by atoms with Gasteiger partial charge in [-0.05, 0) is 50.7 Å². The lowest BCUT2D eigenvalue weighted by atomic mass is 10.1. The molecule has 7 nitrogen and oxygen atoms in total. The molecule has 1 unspecified atom stereocenters. The number of likely N-dealkylation sites (N-methyl/N-ethyl adjacent to an activating group) is 1. The number of rotatable bonds is 4. The van der Waals surface area contributed by atoms with Crippen LogP contribution in [0.4, 0.5) is 17.1 Å². The van der Waals surface area contributed by atoms with Gasteiger partial charge in [0.1, 0.15) is 0 Å². The normalized spacial score (nSPS) is 22.3. The quantitative estimate of drug-likeness (QED) is 0.756. The number of para-hydroxylation sites is 3. The highest BCUT2D eigenvalue weighted by Crippen LogP contribution is 2.38. The van der Waals surface area contributed by atoms with E-state index in [0.717, 1.165) is 57.8 Å². The Morgan fingerprint density at radius 1 is 0.912 bits per heavy atom. The van der Waals surface area contributed by atoms with Crippen LogP contribution in [0.5, 0.6) is 0 Å². The fourth-order valence-corrected chi connectivity index (χ4v) is 5.45. The van der Waals surface area contributed by atoms with Crippen LogP contribution < -0.4 is 10.2 Å². The number of fused-ring (bicyclic) bond motifs is 2. The van der Waals surface area contributed by atoms with Gasteiger partial charge in [-0.15, -0.1) is 0 Å². The highest BCUT2D eigenvalue weighted by atomic mass is 16.2. The van der Waals surface area contributed by atoms with E-state index in [1.807, 2.05) is 42.5 Å². The second-order valence-electron chi connectivity index (χ2n) is 9.80. The van der Waals surface area contributed by atoms with Gasteiger partial charge in [-0.1, -0.05) is 37.1 Å². The van der Waals surface area contributed by atoms with Crippen molar-refractivity contribution in [3.63, 3.8) is 0 Å². The van der Waals surface area contributed by atoms with Gasteiger partial charge in [0, 0.05) is 38.8 Å². The number of piperazine rings is 1. The summed E-state index contributed by atoms with van der Waals surface area (Å²) in [6.45, 7) is 6.72. The number of carbonyl (C=O) groups is 2. The molecule has 2 amide bonds. The van der Waals surface area contributed by atoms with Crippen LogP contribution in [0.15, 0.2) is 48.5 Å². The van der Waals surface area contributed by atoms with E-state index in [4.69, 9.17) is 0 Å². The molecule has 3 heterocycles. The molecule has 1 atom stereocenters. The highest BCUT2D eigenvalue weighted by Gasteiger charge is 2.32. The van der Waals surface area contributed by atoms with Crippen LogP contribution in [0, 0.1) is 0 Å². The molecule has 0 spiro atoms. The van der Waals surface area contributed by atoms with Gasteiger partial charge in [0.05, 0.1) is 29.2 Å². The van der Waals surface area contributed by atoms with Gasteiger partial charge in [0.15, 0.2) is 0 Å². The number of hydrogen-bond donors (Lipinski definition) is 1. The largest absolute Gasteiger partial charge is 0.320 e. The fraction of sp³-hybridized carbons (Fsp3) is 0.481. The first-order chi connectivity index (χ1) is 16.6. The van der Waals surface area contributed by atoms with E-state index in [-0.39, 0.29) is 11.8 Å². The third-order valence-electron chi connectivity index (χ3n) is 7.43. The second kappa shape index (κ2) is 10.3. The number of nitrogens with zero attached hydrogens (tertiary/aromatic N) is 4. The molecule has 180 valence electrons. The summed E-state index contributed by atoms with van der Waals surface area (Å²) in [6, 6.07) is 15.4. The Morgan fingerprint density at radius 2 is 1.65 bits per heavy atom. The SMILES string of the molecule is CN1CCN(CC2CCCCCN2CC(=O)N2c3ccccc3NC(=O)c3ccccc32)CC1. The van der Waals surface area contributed by atoms with E-state index >= 15 is 0 Å². The molecule has 3 aliphatic rings. The molecule has 0 aliphatic carbocycles. The van der Waals surface area contributed by atoms with Crippen molar-refractivity contribution in [3.05, 3.63) is 54.1 Å². The van der Waals surface area contributed by atoms with Crippen molar-refractivity contribution >= 4 is 28.9 Å². The van der Waals surface area contributed by atoms with Gasteiger partial charge < -0.3 is 10.2 Å². The molecule has 3 aliphatic heterocycles. The van der Waals surface area contributed by atoms with Gasteiger partial charge in [0.2, 0.25) is 5.91 Å². The van der Waals surface area contributed by atoms with Crippen molar-refractivity contribution in [2.75, 3.05) is 63.1 Å². The number of anilines is 3. The summed E-state index contributed by atoms with van der Waals surface area (Å²) in [6.07, 6.45) is 4.70. The molecule has 7 heteroatoms. The van der Waals surface area contributed by atoms with Crippen LogP contribution in [0.3, 0.4) is 0 Å². The monoisotopic (exact) mass is 461 g/mol. The fourth-order valence-electron chi connectivity index (χ4n) is 5.45. The molecular weight excluding hydrogens is 426 g/mol. The summed E-state index contributed by atoms with van der Waals surface area (Å²) in [7, 11) is 2.18. The zero-order valence-electron chi connectivity index (χ0n) is 20.1. The van der Waals surface area contributed by atoms with Crippen LogP contribution in [0.25, 0.3) is 0 Å². The van der Waals surface area contributed by atoms with Crippen LogP contribution >= 0.6 is 0 Å². The average molecular weight is 462 g/mol. The second-order valence-corrected chi connectivity index (χ2v) is 9.80. The Hall–Kier alpha value is -2.74. The maximum Gasteiger partial charge on any atom is 0.257 e. The van der Waals surface area contributed by atoms with Gasteiger partial charge in [0.25, 0.3) is 5.91 Å². The van der Waals surface area contributed by atoms with Crippen molar-refractivity contribution in [2.45, 2.75) is 31.7 Å².